The summed E-state index contributed by atoms with van der Waals surface area (Å²) in [6, 6.07) is 0. The van der Waals surface area contributed by atoms with Gasteiger partial charge in [0.15, 0.2) is 12.2 Å². The Labute approximate surface area is 594 Å². The number of unbranched alkanes of at least 4 members (excludes halogenated alkanes) is 40. The average molecular weight is 1420 g/mol. The van der Waals surface area contributed by atoms with Gasteiger partial charge in [0, 0.05) is 25.7 Å². The van der Waals surface area contributed by atoms with E-state index in [1.807, 2.05) is 0 Å². The summed E-state index contributed by atoms with van der Waals surface area (Å²) < 4.78 is 68.5. The predicted octanol–water partition coefficient (Wildman–Crippen LogP) is 22.8. The third kappa shape index (κ3) is 70.9. The number of hydrogen-bond donors (Lipinski definition) is 3. The zero-order valence-corrected chi connectivity index (χ0v) is 65.5. The maximum atomic E-state index is 13.1. The van der Waals surface area contributed by atoms with Crippen LogP contribution >= 0.6 is 15.6 Å². The van der Waals surface area contributed by atoms with Gasteiger partial charge in [-0.05, 0) is 49.4 Å². The lowest BCUT2D eigenvalue weighted by molar-refractivity contribution is -0.161. The molecule has 0 bridgehead atoms. The fourth-order valence-corrected chi connectivity index (χ4v) is 13.5. The Kier molecular flexibility index (Phi) is 65.9. The van der Waals surface area contributed by atoms with E-state index in [1.54, 1.807) is 0 Å². The first-order chi connectivity index (χ1) is 46.6. The predicted molar refractivity (Wildman–Crippen MR) is 395 cm³/mol. The van der Waals surface area contributed by atoms with E-state index in [9.17, 15) is 43.2 Å². The minimum Gasteiger partial charge on any atom is -0.462 e. The number of esters is 4. The third-order valence-electron chi connectivity index (χ3n) is 18.4. The van der Waals surface area contributed by atoms with Crippen molar-refractivity contribution in [2.45, 2.75) is 414 Å². The highest BCUT2D eigenvalue weighted by molar-refractivity contribution is 7.47. The first-order valence-electron chi connectivity index (χ1n) is 40.2. The van der Waals surface area contributed by atoms with Crippen LogP contribution in [0.1, 0.15) is 396 Å². The van der Waals surface area contributed by atoms with E-state index in [0.29, 0.717) is 25.7 Å². The molecule has 0 spiro atoms. The zero-order valence-electron chi connectivity index (χ0n) is 63.7. The van der Waals surface area contributed by atoms with Crippen molar-refractivity contribution in [3.05, 3.63) is 0 Å². The minimum absolute atomic E-state index is 0.104. The second-order valence-electron chi connectivity index (χ2n) is 29.8. The normalized spacial score (nSPS) is 14.4. The maximum Gasteiger partial charge on any atom is 0.472 e. The van der Waals surface area contributed by atoms with Gasteiger partial charge in [-0.25, -0.2) is 9.13 Å². The summed E-state index contributed by atoms with van der Waals surface area (Å²) in [5, 5.41) is 10.6. The summed E-state index contributed by atoms with van der Waals surface area (Å²) in [6.45, 7) is 14.2. The SMILES string of the molecule is CCC(C)CCCCCCCCCCCCCCCCCCCCC(=O)OC[C@H](COP(=O)(O)OCC(O)COP(=O)(O)OC[C@@H](COC(=O)CCCCCCCCCCC(C)C)OC(=O)CCCCCCCCCCCC(C)C)OC(=O)CCCCCCCCCCCC(C)C. The van der Waals surface area contributed by atoms with Crippen molar-refractivity contribution in [1.29, 1.82) is 0 Å². The van der Waals surface area contributed by atoms with Gasteiger partial charge in [0.2, 0.25) is 0 Å². The third-order valence-corrected chi connectivity index (χ3v) is 20.3. The highest BCUT2D eigenvalue weighted by Crippen LogP contribution is 2.45. The molecule has 3 N–H and O–H groups in total. The molecule has 4 unspecified atom stereocenters. The van der Waals surface area contributed by atoms with E-state index in [0.717, 1.165) is 114 Å². The topological polar surface area (TPSA) is 237 Å². The average Bonchev–Trinajstić information content (AvgIpc) is 1.32. The molecule has 0 fully saturated rings. The monoisotopic (exact) mass is 1420 g/mol. The molecule has 0 aliphatic carbocycles. The standard InChI is InChI=1S/C78H152O17P2/c1-9-71(8)57-49-41-33-24-18-16-14-12-10-11-13-15-17-19-25-34-42-50-58-75(80)88-64-73(94-77(82)60-52-44-36-26-20-22-30-38-46-54-68(2)3)66-92-96(84,85)90-62-72(79)63-91-97(86,87)93-67-74(65-89-76(81)59-51-43-35-29-28-32-40-48-56-70(6)7)95-78(83)61-53-45-37-27-21-23-31-39-47-55-69(4)5/h68-74,79H,9-67H2,1-8H3,(H,84,85)(H,86,87)/t71?,72?,73-,74-/m1/s1. The summed E-state index contributed by atoms with van der Waals surface area (Å²) >= 11 is 0. The van der Waals surface area contributed by atoms with Gasteiger partial charge in [0.05, 0.1) is 26.4 Å². The molecule has 0 aromatic carbocycles. The molecule has 0 saturated carbocycles. The summed E-state index contributed by atoms with van der Waals surface area (Å²) in [7, 11) is -9.91. The number of phosphoric acid groups is 2. The molecule has 0 aliphatic heterocycles. The molecule has 19 heteroatoms. The molecule has 576 valence electrons. The Balaban J connectivity index is 5.17. The summed E-state index contributed by atoms with van der Waals surface area (Å²) in [4.78, 5) is 72.8. The largest absolute Gasteiger partial charge is 0.472 e. The Morgan fingerprint density at radius 1 is 0.289 bits per heavy atom. The second-order valence-corrected chi connectivity index (χ2v) is 32.7. The van der Waals surface area contributed by atoms with E-state index in [-0.39, 0.29) is 25.7 Å². The summed E-state index contributed by atoms with van der Waals surface area (Å²) in [6.07, 6.45) is 52.9. The molecule has 0 amide bonds. The van der Waals surface area contributed by atoms with Crippen molar-refractivity contribution in [1.82, 2.24) is 0 Å². The van der Waals surface area contributed by atoms with Crippen LogP contribution in [0.25, 0.3) is 0 Å². The minimum atomic E-state index is -4.96. The van der Waals surface area contributed by atoms with Crippen molar-refractivity contribution in [3.8, 4) is 0 Å². The van der Waals surface area contributed by atoms with Gasteiger partial charge in [-0.2, -0.15) is 0 Å². The molecule has 6 atom stereocenters. The molecule has 17 nitrogen and oxygen atoms in total. The number of hydrogen-bond acceptors (Lipinski definition) is 15. The van der Waals surface area contributed by atoms with Crippen LogP contribution in [0.4, 0.5) is 0 Å². The van der Waals surface area contributed by atoms with Crippen molar-refractivity contribution in [2.24, 2.45) is 23.7 Å². The van der Waals surface area contributed by atoms with Crippen molar-refractivity contribution in [2.75, 3.05) is 39.6 Å². The van der Waals surface area contributed by atoms with E-state index in [2.05, 4.69) is 55.4 Å². The molecule has 0 aromatic heterocycles. The Morgan fingerprint density at radius 3 is 0.732 bits per heavy atom. The maximum absolute atomic E-state index is 13.1. The van der Waals surface area contributed by atoms with Crippen LogP contribution in [0.5, 0.6) is 0 Å². The number of carbonyl (C=O) groups is 4. The molecule has 0 aromatic rings. The van der Waals surface area contributed by atoms with Gasteiger partial charge in [-0.3, -0.25) is 37.3 Å². The first kappa shape index (κ1) is 95.1. The van der Waals surface area contributed by atoms with E-state index in [1.165, 1.54) is 199 Å². The molecular formula is C78H152O17P2. The van der Waals surface area contributed by atoms with Crippen molar-refractivity contribution >= 4 is 39.5 Å². The second kappa shape index (κ2) is 67.2. The number of aliphatic hydroxyl groups excluding tert-OH is 1. The lowest BCUT2D eigenvalue weighted by Crippen LogP contribution is -2.30. The highest BCUT2D eigenvalue weighted by atomic mass is 31.2. The van der Waals surface area contributed by atoms with Crippen molar-refractivity contribution < 1.29 is 80.2 Å². The molecular weight excluding hydrogens is 1270 g/mol. The number of carbonyl (C=O) groups excluding carboxylic acids is 4. The molecule has 0 radical (unpaired) electrons. The first-order valence-corrected chi connectivity index (χ1v) is 43.2. The Hall–Kier alpha value is -1.94. The van der Waals surface area contributed by atoms with E-state index < -0.39 is 97.5 Å². The quantitative estimate of drug-likeness (QED) is 0.0222. The lowest BCUT2D eigenvalue weighted by Gasteiger charge is -2.21. The van der Waals surface area contributed by atoms with Crippen LogP contribution < -0.4 is 0 Å². The van der Waals surface area contributed by atoms with Crippen LogP contribution in [-0.4, -0.2) is 96.7 Å². The highest BCUT2D eigenvalue weighted by Gasteiger charge is 2.30. The molecule has 0 saturated heterocycles. The van der Waals surface area contributed by atoms with E-state index in [4.69, 9.17) is 37.0 Å². The van der Waals surface area contributed by atoms with Crippen LogP contribution in [0.15, 0.2) is 0 Å². The summed E-state index contributed by atoms with van der Waals surface area (Å²) in [5.74, 6) is 0.952. The fraction of sp³-hybridized carbons (Fsp3) is 0.949. The Bertz CT molecular complexity index is 1900. The van der Waals surface area contributed by atoms with Gasteiger partial charge in [0.1, 0.15) is 19.3 Å². The van der Waals surface area contributed by atoms with Crippen LogP contribution in [-0.2, 0) is 65.4 Å². The van der Waals surface area contributed by atoms with Crippen LogP contribution in [0, 0.1) is 23.7 Å². The van der Waals surface area contributed by atoms with Crippen LogP contribution in [0.3, 0.4) is 0 Å². The van der Waals surface area contributed by atoms with E-state index >= 15 is 0 Å². The smallest absolute Gasteiger partial charge is 0.462 e. The van der Waals surface area contributed by atoms with Gasteiger partial charge < -0.3 is 33.8 Å². The zero-order chi connectivity index (χ0) is 71.7. The van der Waals surface area contributed by atoms with Crippen LogP contribution in [0.2, 0.25) is 0 Å². The fourth-order valence-electron chi connectivity index (χ4n) is 11.9. The van der Waals surface area contributed by atoms with Gasteiger partial charge in [-0.1, -0.05) is 344 Å². The molecule has 97 heavy (non-hydrogen) atoms. The van der Waals surface area contributed by atoms with Crippen molar-refractivity contribution in [3.63, 3.8) is 0 Å². The molecule has 0 heterocycles. The molecule has 0 rings (SSSR count). The number of aliphatic hydroxyl groups is 1. The van der Waals surface area contributed by atoms with Gasteiger partial charge in [-0.15, -0.1) is 0 Å². The number of ether oxygens (including phenoxy) is 4. The van der Waals surface area contributed by atoms with Gasteiger partial charge >= 0.3 is 39.5 Å². The summed E-state index contributed by atoms with van der Waals surface area (Å²) in [5.41, 5.74) is 0. The lowest BCUT2D eigenvalue weighted by atomic mass is 9.99. The number of rotatable bonds is 75. The number of phosphoric ester groups is 2. The Morgan fingerprint density at radius 2 is 0.495 bits per heavy atom. The van der Waals surface area contributed by atoms with Gasteiger partial charge in [0.25, 0.3) is 0 Å². The molecule has 0 aliphatic rings.